The molecule has 136 valence electrons. The van der Waals surface area contributed by atoms with E-state index in [4.69, 9.17) is 4.74 Å². The maximum Gasteiger partial charge on any atom is 0.436 e. The number of carbonyl (C=O) groups is 1. The highest BCUT2D eigenvalue weighted by Crippen LogP contribution is 2.46. The third kappa shape index (κ3) is 5.20. The predicted octanol–water partition coefficient (Wildman–Crippen LogP) is 3.47. The van der Waals surface area contributed by atoms with Crippen LogP contribution in [-0.4, -0.2) is 34.9 Å². The molecule has 0 bridgehead atoms. The monoisotopic (exact) mass is 411 g/mol. The van der Waals surface area contributed by atoms with Crippen molar-refractivity contribution < 1.29 is 22.7 Å². The molecule has 0 aliphatic heterocycles. The number of amides is 1. The molecule has 1 aliphatic carbocycles. The van der Waals surface area contributed by atoms with Gasteiger partial charge in [-0.15, -0.1) is 0 Å². The molecule has 0 radical (unpaired) electrons. The molecule has 1 aliphatic rings. The molecule has 1 fully saturated rings. The topological polar surface area (TPSA) is 56.1 Å². The highest BCUT2D eigenvalue weighted by atomic mass is 79.9. The molecule has 0 atom stereocenters. The SMILES string of the molecule is CC(C)OCCCNC(=O)Cn1nc(C(F)(F)F)c(Br)c1C1CC1. The molecule has 24 heavy (non-hydrogen) atoms. The minimum Gasteiger partial charge on any atom is -0.379 e. The number of aromatic nitrogens is 2. The van der Waals surface area contributed by atoms with Gasteiger partial charge in [0.15, 0.2) is 5.69 Å². The predicted molar refractivity (Wildman–Crippen MR) is 85.6 cm³/mol. The summed E-state index contributed by atoms with van der Waals surface area (Å²) in [5.41, 5.74) is -0.511. The summed E-state index contributed by atoms with van der Waals surface area (Å²) >= 11 is 3.00. The van der Waals surface area contributed by atoms with Crippen molar-refractivity contribution in [2.45, 2.75) is 57.9 Å². The molecule has 1 N–H and O–H groups in total. The fourth-order valence-electron chi connectivity index (χ4n) is 2.31. The number of carbonyl (C=O) groups excluding carboxylic acids is 1. The molecule has 5 nitrogen and oxygen atoms in total. The molecule has 0 unspecified atom stereocenters. The Bertz CT molecular complexity index is 583. The van der Waals surface area contributed by atoms with Gasteiger partial charge in [0, 0.05) is 19.1 Å². The van der Waals surface area contributed by atoms with Crippen LogP contribution in [0.2, 0.25) is 0 Å². The van der Waals surface area contributed by atoms with Crippen molar-refractivity contribution in [2.24, 2.45) is 0 Å². The number of hydrogen-bond acceptors (Lipinski definition) is 3. The Labute approximate surface area is 147 Å². The first kappa shape index (κ1) is 19.2. The summed E-state index contributed by atoms with van der Waals surface area (Å²) in [6.07, 6.45) is -2.14. The van der Waals surface area contributed by atoms with Crippen LogP contribution in [0, 0.1) is 0 Å². The molecular weight excluding hydrogens is 391 g/mol. The number of rotatable bonds is 8. The Kier molecular flexibility index (Phi) is 6.30. The quantitative estimate of drug-likeness (QED) is 0.666. The molecule has 1 aromatic rings. The van der Waals surface area contributed by atoms with Gasteiger partial charge in [0.2, 0.25) is 5.91 Å². The number of nitrogens with zero attached hydrogens (tertiary/aromatic N) is 2. The third-order valence-electron chi connectivity index (χ3n) is 3.55. The van der Waals surface area contributed by atoms with E-state index in [-0.39, 0.29) is 28.9 Å². The second kappa shape index (κ2) is 7.86. The van der Waals surface area contributed by atoms with Gasteiger partial charge in [-0.05, 0) is 49.0 Å². The fourth-order valence-corrected chi connectivity index (χ4v) is 3.14. The van der Waals surface area contributed by atoms with Crippen LogP contribution in [0.1, 0.15) is 50.4 Å². The molecule has 9 heteroatoms. The smallest absolute Gasteiger partial charge is 0.379 e. The lowest BCUT2D eigenvalue weighted by Crippen LogP contribution is -2.30. The Morgan fingerprint density at radius 1 is 1.46 bits per heavy atom. The van der Waals surface area contributed by atoms with E-state index in [9.17, 15) is 18.0 Å². The van der Waals surface area contributed by atoms with Gasteiger partial charge in [-0.2, -0.15) is 18.3 Å². The van der Waals surface area contributed by atoms with E-state index in [0.29, 0.717) is 25.3 Å². The van der Waals surface area contributed by atoms with E-state index >= 15 is 0 Å². The van der Waals surface area contributed by atoms with Gasteiger partial charge in [0.25, 0.3) is 0 Å². The van der Waals surface area contributed by atoms with Crippen LogP contribution in [0.5, 0.6) is 0 Å². The lowest BCUT2D eigenvalue weighted by molar-refractivity contribution is -0.142. The minimum absolute atomic E-state index is 0.0372. The van der Waals surface area contributed by atoms with Crippen LogP contribution >= 0.6 is 15.9 Å². The van der Waals surface area contributed by atoms with Gasteiger partial charge >= 0.3 is 6.18 Å². The Hall–Kier alpha value is -1.09. The zero-order valence-corrected chi connectivity index (χ0v) is 15.2. The summed E-state index contributed by atoms with van der Waals surface area (Å²) < 4.78 is 45.5. The summed E-state index contributed by atoms with van der Waals surface area (Å²) in [7, 11) is 0. The van der Waals surface area contributed by atoms with Gasteiger partial charge < -0.3 is 10.1 Å². The minimum atomic E-state index is -4.54. The van der Waals surface area contributed by atoms with Crippen LogP contribution < -0.4 is 5.32 Å². The van der Waals surface area contributed by atoms with Crippen molar-refractivity contribution in [3.63, 3.8) is 0 Å². The zero-order chi connectivity index (χ0) is 17.9. The first-order valence-corrected chi connectivity index (χ1v) is 8.71. The summed E-state index contributed by atoms with van der Waals surface area (Å²) in [5, 5.41) is 6.29. The van der Waals surface area contributed by atoms with Crippen LogP contribution in [0.25, 0.3) is 0 Å². The van der Waals surface area contributed by atoms with Crippen molar-refractivity contribution in [1.29, 1.82) is 0 Å². The van der Waals surface area contributed by atoms with Crippen LogP contribution in [0.4, 0.5) is 13.2 Å². The number of hydrogen-bond donors (Lipinski definition) is 1. The molecular formula is C15H21BrF3N3O2. The Morgan fingerprint density at radius 3 is 2.67 bits per heavy atom. The maximum absolute atomic E-state index is 13.0. The molecule has 1 heterocycles. The zero-order valence-electron chi connectivity index (χ0n) is 13.6. The number of alkyl halides is 3. The average Bonchev–Trinajstić information content (AvgIpc) is 3.22. The fraction of sp³-hybridized carbons (Fsp3) is 0.733. The van der Waals surface area contributed by atoms with Crippen LogP contribution in [0.15, 0.2) is 4.47 Å². The standard InChI is InChI=1S/C15H21BrF3N3O2/c1-9(2)24-7-3-6-20-11(23)8-22-13(10-4-5-10)12(16)14(21-22)15(17,18)19/h9-10H,3-8H2,1-2H3,(H,20,23). The molecule has 0 spiro atoms. The van der Waals surface area contributed by atoms with Gasteiger partial charge in [0.05, 0.1) is 16.3 Å². The summed E-state index contributed by atoms with van der Waals surface area (Å²) in [4.78, 5) is 12.0. The van der Waals surface area contributed by atoms with E-state index in [0.717, 1.165) is 12.8 Å². The number of halogens is 4. The summed E-state index contributed by atoms with van der Waals surface area (Å²) in [6, 6.07) is 0. The molecule has 1 amide bonds. The average molecular weight is 412 g/mol. The normalized spacial score (nSPS) is 15.1. The van der Waals surface area contributed by atoms with Gasteiger partial charge in [-0.3, -0.25) is 9.48 Å². The largest absolute Gasteiger partial charge is 0.436 e. The highest BCUT2D eigenvalue weighted by Gasteiger charge is 2.41. The lowest BCUT2D eigenvalue weighted by atomic mass is 10.2. The molecule has 1 aromatic heterocycles. The molecule has 0 aromatic carbocycles. The molecule has 2 rings (SSSR count). The second-order valence-electron chi connectivity index (χ2n) is 6.10. The lowest BCUT2D eigenvalue weighted by Gasteiger charge is -2.09. The van der Waals surface area contributed by atoms with Crippen LogP contribution in [0.3, 0.4) is 0 Å². The van der Waals surface area contributed by atoms with E-state index in [1.807, 2.05) is 13.8 Å². The Morgan fingerprint density at radius 2 is 2.12 bits per heavy atom. The van der Waals surface area contributed by atoms with E-state index in [1.165, 1.54) is 4.68 Å². The van der Waals surface area contributed by atoms with Crippen molar-refractivity contribution in [3.05, 3.63) is 15.9 Å². The van der Waals surface area contributed by atoms with Crippen molar-refractivity contribution in [2.75, 3.05) is 13.2 Å². The number of nitrogens with one attached hydrogen (secondary N) is 1. The number of ether oxygens (including phenoxy) is 1. The molecule has 0 saturated heterocycles. The maximum atomic E-state index is 13.0. The summed E-state index contributed by atoms with van der Waals surface area (Å²) in [5.74, 6) is -0.319. The Balaban J connectivity index is 1.95. The van der Waals surface area contributed by atoms with E-state index in [2.05, 4.69) is 26.3 Å². The first-order valence-electron chi connectivity index (χ1n) is 7.91. The van der Waals surface area contributed by atoms with Crippen molar-refractivity contribution in [3.8, 4) is 0 Å². The highest BCUT2D eigenvalue weighted by molar-refractivity contribution is 9.10. The van der Waals surface area contributed by atoms with E-state index in [1.54, 1.807) is 0 Å². The third-order valence-corrected chi connectivity index (χ3v) is 4.33. The van der Waals surface area contributed by atoms with E-state index < -0.39 is 11.9 Å². The van der Waals surface area contributed by atoms with Gasteiger partial charge in [-0.1, -0.05) is 0 Å². The van der Waals surface area contributed by atoms with Gasteiger partial charge in [-0.25, -0.2) is 0 Å². The molecule has 1 saturated carbocycles. The first-order chi connectivity index (χ1) is 11.2. The second-order valence-corrected chi connectivity index (χ2v) is 6.89. The van der Waals surface area contributed by atoms with Gasteiger partial charge in [0.1, 0.15) is 6.54 Å². The van der Waals surface area contributed by atoms with Crippen molar-refractivity contribution >= 4 is 21.8 Å². The summed E-state index contributed by atoms with van der Waals surface area (Å²) in [6.45, 7) is 4.57. The van der Waals surface area contributed by atoms with Crippen LogP contribution in [-0.2, 0) is 22.3 Å². The van der Waals surface area contributed by atoms with Crippen molar-refractivity contribution in [1.82, 2.24) is 15.1 Å².